The average molecular weight is 197 g/mol. The number of aliphatic imine (C=N–C) groups is 1. The fourth-order valence-corrected chi connectivity index (χ4v) is 1.19. The predicted octanol–water partition coefficient (Wildman–Crippen LogP) is 2.41. The van der Waals surface area contributed by atoms with Crippen molar-refractivity contribution in [2.75, 3.05) is 5.73 Å². The Morgan fingerprint density at radius 2 is 1.93 bits per heavy atom. The third kappa shape index (κ3) is 2.64. The number of anilines is 1. The molecule has 2 rings (SSSR count). The van der Waals surface area contributed by atoms with Gasteiger partial charge in [0.05, 0.1) is 17.6 Å². The van der Waals surface area contributed by atoms with E-state index in [4.69, 9.17) is 5.73 Å². The van der Waals surface area contributed by atoms with Gasteiger partial charge in [-0.3, -0.25) is 9.98 Å². The first-order valence-corrected chi connectivity index (χ1v) is 4.65. The van der Waals surface area contributed by atoms with E-state index in [1.165, 1.54) is 0 Å². The van der Waals surface area contributed by atoms with Crippen LogP contribution in [0.3, 0.4) is 0 Å². The lowest BCUT2D eigenvalue weighted by molar-refractivity contribution is 1.30. The van der Waals surface area contributed by atoms with E-state index < -0.39 is 0 Å². The fourth-order valence-electron chi connectivity index (χ4n) is 1.19. The van der Waals surface area contributed by atoms with Crippen molar-refractivity contribution < 1.29 is 0 Å². The Morgan fingerprint density at radius 1 is 1.13 bits per heavy atom. The molecule has 1 heterocycles. The number of pyridine rings is 1. The molecule has 0 saturated carbocycles. The molecule has 0 aliphatic rings. The van der Waals surface area contributed by atoms with Crippen LogP contribution in [-0.2, 0) is 0 Å². The molecule has 2 N–H and O–H groups in total. The quantitative estimate of drug-likeness (QED) is 0.751. The van der Waals surface area contributed by atoms with Gasteiger partial charge in [-0.15, -0.1) is 0 Å². The zero-order chi connectivity index (χ0) is 10.5. The van der Waals surface area contributed by atoms with E-state index in [1.54, 1.807) is 24.5 Å². The minimum Gasteiger partial charge on any atom is -0.399 e. The van der Waals surface area contributed by atoms with Crippen LogP contribution >= 0.6 is 0 Å². The molecule has 1 aromatic heterocycles. The molecule has 0 bridgehead atoms. The second-order valence-corrected chi connectivity index (χ2v) is 3.11. The van der Waals surface area contributed by atoms with Crippen LogP contribution in [0.4, 0.5) is 11.4 Å². The summed E-state index contributed by atoms with van der Waals surface area (Å²) in [4.78, 5) is 8.40. The van der Waals surface area contributed by atoms with Crippen molar-refractivity contribution >= 4 is 17.6 Å². The topological polar surface area (TPSA) is 51.3 Å². The van der Waals surface area contributed by atoms with Crippen LogP contribution in [0.15, 0.2) is 53.7 Å². The van der Waals surface area contributed by atoms with Gasteiger partial charge in [-0.05, 0) is 24.3 Å². The van der Waals surface area contributed by atoms with E-state index in [0.717, 1.165) is 11.4 Å². The van der Waals surface area contributed by atoms with Gasteiger partial charge in [-0.25, -0.2) is 0 Å². The number of aromatic nitrogens is 1. The molecular weight excluding hydrogens is 186 g/mol. The number of para-hydroxylation sites is 1. The number of nitrogens with two attached hydrogens (primary N) is 1. The third-order valence-electron chi connectivity index (χ3n) is 1.91. The summed E-state index contributed by atoms with van der Waals surface area (Å²) in [6.07, 6.45) is 3.37. The van der Waals surface area contributed by atoms with Gasteiger partial charge in [-0.1, -0.05) is 18.2 Å². The van der Waals surface area contributed by atoms with Crippen molar-refractivity contribution in [2.45, 2.75) is 0 Å². The van der Waals surface area contributed by atoms with Crippen LogP contribution in [0.2, 0.25) is 0 Å². The maximum absolute atomic E-state index is 5.63. The SMILES string of the molecule is Nc1ccnc(C=Nc2ccccc2)c1. The number of rotatable bonds is 2. The first-order chi connectivity index (χ1) is 7.34. The summed E-state index contributed by atoms with van der Waals surface area (Å²) in [6, 6.07) is 13.2. The summed E-state index contributed by atoms with van der Waals surface area (Å²) in [5, 5.41) is 0. The van der Waals surface area contributed by atoms with Crippen LogP contribution in [0, 0.1) is 0 Å². The van der Waals surface area contributed by atoms with Crippen LogP contribution in [-0.4, -0.2) is 11.2 Å². The van der Waals surface area contributed by atoms with Gasteiger partial charge in [0.1, 0.15) is 0 Å². The van der Waals surface area contributed by atoms with Crippen molar-refractivity contribution in [1.29, 1.82) is 0 Å². The summed E-state index contributed by atoms with van der Waals surface area (Å²) in [7, 11) is 0. The molecule has 74 valence electrons. The smallest absolute Gasteiger partial charge is 0.0832 e. The van der Waals surface area contributed by atoms with Crippen LogP contribution in [0.5, 0.6) is 0 Å². The van der Waals surface area contributed by atoms with Crippen molar-refractivity contribution in [3.63, 3.8) is 0 Å². The molecule has 0 aliphatic carbocycles. The van der Waals surface area contributed by atoms with Gasteiger partial charge in [0.25, 0.3) is 0 Å². The Morgan fingerprint density at radius 3 is 2.67 bits per heavy atom. The highest BCUT2D eigenvalue weighted by Crippen LogP contribution is 2.09. The predicted molar refractivity (Wildman–Crippen MR) is 62.3 cm³/mol. The monoisotopic (exact) mass is 197 g/mol. The van der Waals surface area contributed by atoms with Gasteiger partial charge in [0, 0.05) is 11.9 Å². The number of nitrogen functional groups attached to an aromatic ring is 1. The summed E-state index contributed by atoms with van der Waals surface area (Å²) in [5.41, 5.74) is 7.99. The van der Waals surface area contributed by atoms with Crippen molar-refractivity contribution in [2.24, 2.45) is 4.99 Å². The zero-order valence-electron chi connectivity index (χ0n) is 8.17. The molecule has 0 unspecified atom stereocenters. The number of benzene rings is 1. The summed E-state index contributed by atoms with van der Waals surface area (Å²) in [6.45, 7) is 0. The lowest BCUT2D eigenvalue weighted by Crippen LogP contribution is -1.90. The molecule has 15 heavy (non-hydrogen) atoms. The van der Waals surface area contributed by atoms with Crippen molar-refractivity contribution in [3.05, 3.63) is 54.4 Å². The number of nitrogens with zero attached hydrogens (tertiary/aromatic N) is 2. The van der Waals surface area contributed by atoms with Gasteiger partial charge in [-0.2, -0.15) is 0 Å². The number of hydrogen-bond acceptors (Lipinski definition) is 3. The van der Waals surface area contributed by atoms with E-state index in [1.807, 2.05) is 30.3 Å². The van der Waals surface area contributed by atoms with Crippen LogP contribution in [0.1, 0.15) is 5.69 Å². The van der Waals surface area contributed by atoms with Gasteiger partial charge in [0.2, 0.25) is 0 Å². The van der Waals surface area contributed by atoms with Crippen LogP contribution < -0.4 is 5.73 Å². The van der Waals surface area contributed by atoms with Gasteiger partial charge in [0.15, 0.2) is 0 Å². The van der Waals surface area contributed by atoms with Crippen molar-refractivity contribution in [1.82, 2.24) is 4.98 Å². The molecular formula is C12H11N3. The minimum atomic E-state index is 0.694. The maximum Gasteiger partial charge on any atom is 0.0832 e. The second-order valence-electron chi connectivity index (χ2n) is 3.11. The Kier molecular flexibility index (Phi) is 2.74. The molecule has 0 amide bonds. The Balaban J connectivity index is 2.19. The maximum atomic E-state index is 5.63. The largest absolute Gasteiger partial charge is 0.399 e. The highest BCUT2D eigenvalue weighted by Gasteiger charge is 1.90. The normalized spacial score (nSPS) is 10.7. The molecule has 0 fully saturated rings. The summed E-state index contributed by atoms with van der Waals surface area (Å²) in [5.74, 6) is 0. The van der Waals surface area contributed by atoms with E-state index >= 15 is 0 Å². The molecule has 0 radical (unpaired) electrons. The van der Waals surface area contributed by atoms with E-state index in [2.05, 4.69) is 9.98 Å². The second kappa shape index (κ2) is 4.37. The average Bonchev–Trinajstić information content (AvgIpc) is 2.28. The molecule has 0 aliphatic heterocycles. The molecule has 0 spiro atoms. The highest BCUT2D eigenvalue weighted by atomic mass is 14.8. The highest BCUT2D eigenvalue weighted by molar-refractivity contribution is 5.80. The Hall–Kier alpha value is -2.16. The molecule has 2 aromatic rings. The summed E-state index contributed by atoms with van der Waals surface area (Å²) >= 11 is 0. The Bertz CT molecular complexity index is 463. The third-order valence-corrected chi connectivity index (χ3v) is 1.91. The molecule has 3 nitrogen and oxygen atoms in total. The molecule has 0 atom stereocenters. The van der Waals surface area contributed by atoms with E-state index in [0.29, 0.717) is 5.69 Å². The van der Waals surface area contributed by atoms with E-state index in [9.17, 15) is 0 Å². The molecule has 1 aromatic carbocycles. The zero-order valence-corrected chi connectivity index (χ0v) is 8.17. The fraction of sp³-hybridized carbons (Fsp3) is 0. The summed E-state index contributed by atoms with van der Waals surface area (Å²) < 4.78 is 0. The molecule has 3 heteroatoms. The molecule has 0 saturated heterocycles. The number of hydrogen-bond donors (Lipinski definition) is 1. The Labute approximate surface area is 88.3 Å². The van der Waals surface area contributed by atoms with Crippen molar-refractivity contribution in [3.8, 4) is 0 Å². The lowest BCUT2D eigenvalue weighted by atomic mass is 10.3. The standard InChI is InChI=1S/C12H11N3/c13-10-6-7-14-12(8-10)9-15-11-4-2-1-3-5-11/h1-9H,(H2,13,14). The van der Waals surface area contributed by atoms with Crippen LogP contribution in [0.25, 0.3) is 0 Å². The minimum absolute atomic E-state index is 0.694. The van der Waals surface area contributed by atoms with E-state index in [-0.39, 0.29) is 0 Å². The first kappa shape index (κ1) is 9.40. The lowest BCUT2D eigenvalue weighted by Gasteiger charge is -1.94. The first-order valence-electron chi connectivity index (χ1n) is 4.65. The van der Waals surface area contributed by atoms with Gasteiger partial charge < -0.3 is 5.73 Å². The van der Waals surface area contributed by atoms with Gasteiger partial charge >= 0.3 is 0 Å².